The topological polar surface area (TPSA) is 55.6 Å². The summed E-state index contributed by atoms with van der Waals surface area (Å²) in [6.07, 6.45) is 1.61. The zero-order valence-corrected chi connectivity index (χ0v) is 13.9. The number of amides is 1. The molecule has 0 saturated carbocycles. The zero-order chi connectivity index (χ0) is 16.6. The Hall–Kier alpha value is -2.24. The van der Waals surface area contributed by atoms with E-state index in [0.29, 0.717) is 38.5 Å². The van der Waals surface area contributed by atoms with Gasteiger partial charge >= 0.3 is 0 Å². The molecule has 0 aliphatic carbocycles. The number of carbonyl (C=O) groups excluding carboxylic acids is 1. The maximum absolute atomic E-state index is 12.6. The van der Waals surface area contributed by atoms with Crippen LogP contribution in [0, 0.1) is 6.92 Å². The highest BCUT2D eigenvalue weighted by Gasteiger charge is 2.19. The van der Waals surface area contributed by atoms with Crippen molar-refractivity contribution in [2.75, 3.05) is 12.4 Å². The number of nitrogens with zero attached hydrogens (tertiary/aromatic N) is 2. The molecule has 118 valence electrons. The normalized spacial score (nSPS) is 10.8. The Bertz CT molecular complexity index is 906. The number of anilines is 1. The van der Waals surface area contributed by atoms with Gasteiger partial charge in [-0.05, 0) is 25.1 Å². The fraction of sp³-hybridized carbons (Fsp3) is 0.125. The number of halogens is 2. The molecule has 0 aliphatic rings. The van der Waals surface area contributed by atoms with Gasteiger partial charge in [-0.15, -0.1) is 0 Å². The Kier molecular flexibility index (Phi) is 4.15. The van der Waals surface area contributed by atoms with Crippen LogP contribution in [0.15, 0.2) is 36.5 Å². The van der Waals surface area contributed by atoms with Gasteiger partial charge in [-0.25, -0.2) is 4.98 Å². The van der Waals surface area contributed by atoms with Crippen LogP contribution in [0.1, 0.15) is 16.2 Å². The van der Waals surface area contributed by atoms with Gasteiger partial charge in [0, 0.05) is 18.0 Å². The third kappa shape index (κ3) is 2.98. The molecule has 0 saturated heterocycles. The van der Waals surface area contributed by atoms with Crippen molar-refractivity contribution < 1.29 is 9.53 Å². The first kappa shape index (κ1) is 15.6. The molecule has 2 heterocycles. The number of imidazole rings is 1. The van der Waals surface area contributed by atoms with E-state index in [1.54, 1.807) is 55.0 Å². The minimum absolute atomic E-state index is 0.304. The molecule has 1 N–H and O–H groups in total. The predicted octanol–water partition coefficient (Wildman–Crippen LogP) is 4.21. The number of ether oxygens (including phenoxy) is 1. The molecule has 23 heavy (non-hydrogen) atoms. The van der Waals surface area contributed by atoms with E-state index < -0.39 is 0 Å². The fourth-order valence-electron chi connectivity index (χ4n) is 2.35. The van der Waals surface area contributed by atoms with E-state index in [1.807, 2.05) is 0 Å². The van der Waals surface area contributed by atoms with Crippen molar-refractivity contribution in [3.63, 3.8) is 0 Å². The Morgan fingerprint density at radius 1 is 1.30 bits per heavy atom. The van der Waals surface area contributed by atoms with Crippen molar-refractivity contribution >= 4 is 40.4 Å². The summed E-state index contributed by atoms with van der Waals surface area (Å²) >= 11 is 12.2. The van der Waals surface area contributed by atoms with Crippen molar-refractivity contribution in [2.45, 2.75) is 6.92 Å². The predicted molar refractivity (Wildman–Crippen MR) is 90.9 cm³/mol. The summed E-state index contributed by atoms with van der Waals surface area (Å²) in [5.41, 5.74) is 2.06. The molecule has 0 atom stereocenters. The SMILES string of the molecule is COc1cccc(NC(=O)c2c(C)nc3c(Cl)cc(Cl)cn23)c1. The highest BCUT2D eigenvalue weighted by Crippen LogP contribution is 2.25. The van der Waals surface area contributed by atoms with Crippen LogP contribution in [0.2, 0.25) is 10.0 Å². The fourth-order valence-corrected chi connectivity index (χ4v) is 2.86. The molecule has 7 heteroatoms. The molecule has 0 radical (unpaired) electrons. The van der Waals surface area contributed by atoms with Crippen LogP contribution in [0.5, 0.6) is 5.75 Å². The average Bonchev–Trinajstić information content (AvgIpc) is 2.84. The van der Waals surface area contributed by atoms with E-state index in [1.165, 1.54) is 0 Å². The largest absolute Gasteiger partial charge is 0.497 e. The van der Waals surface area contributed by atoms with Gasteiger partial charge in [0.15, 0.2) is 5.65 Å². The van der Waals surface area contributed by atoms with Gasteiger partial charge in [0.05, 0.1) is 22.8 Å². The highest BCUT2D eigenvalue weighted by molar-refractivity contribution is 6.36. The lowest BCUT2D eigenvalue weighted by Gasteiger charge is -2.08. The molecule has 0 fully saturated rings. The van der Waals surface area contributed by atoms with Crippen LogP contribution in [0.3, 0.4) is 0 Å². The number of aryl methyl sites for hydroxylation is 1. The van der Waals surface area contributed by atoms with Gasteiger partial charge in [-0.1, -0.05) is 29.3 Å². The quantitative estimate of drug-likeness (QED) is 0.770. The standard InChI is InChI=1S/C16H13Cl2N3O2/c1-9-14(21-8-10(17)6-13(18)15(21)19-9)16(22)20-11-4-3-5-12(7-11)23-2/h3-8H,1-2H3,(H,20,22). The van der Waals surface area contributed by atoms with Gasteiger partial charge in [0.25, 0.3) is 5.91 Å². The van der Waals surface area contributed by atoms with Gasteiger partial charge in [-0.2, -0.15) is 0 Å². The molecule has 1 aromatic carbocycles. The molecule has 0 unspecified atom stereocenters. The number of rotatable bonds is 3. The van der Waals surface area contributed by atoms with E-state index in [0.717, 1.165) is 0 Å². The van der Waals surface area contributed by atoms with Crippen LogP contribution in [0.25, 0.3) is 5.65 Å². The summed E-state index contributed by atoms with van der Waals surface area (Å²) in [6.45, 7) is 1.75. The minimum atomic E-state index is -0.304. The smallest absolute Gasteiger partial charge is 0.274 e. The number of pyridine rings is 1. The first-order valence-corrected chi connectivity index (χ1v) is 7.54. The summed E-state index contributed by atoms with van der Waals surface area (Å²) in [6, 6.07) is 8.70. The van der Waals surface area contributed by atoms with Crippen LogP contribution < -0.4 is 10.1 Å². The Balaban J connectivity index is 2.02. The van der Waals surface area contributed by atoms with E-state index in [4.69, 9.17) is 27.9 Å². The average molecular weight is 350 g/mol. The minimum Gasteiger partial charge on any atom is -0.497 e. The lowest BCUT2D eigenvalue weighted by Crippen LogP contribution is -2.15. The molecular weight excluding hydrogens is 337 g/mol. The number of methoxy groups -OCH3 is 1. The number of fused-ring (bicyclic) bond motifs is 1. The van der Waals surface area contributed by atoms with Gasteiger partial charge in [-0.3, -0.25) is 9.20 Å². The molecular formula is C16H13Cl2N3O2. The van der Waals surface area contributed by atoms with Gasteiger partial charge < -0.3 is 10.1 Å². The van der Waals surface area contributed by atoms with Crippen molar-refractivity contribution in [3.8, 4) is 5.75 Å². The van der Waals surface area contributed by atoms with Crippen molar-refractivity contribution in [2.24, 2.45) is 0 Å². The number of carbonyl (C=O) groups is 1. The molecule has 0 bridgehead atoms. The van der Waals surface area contributed by atoms with Gasteiger partial charge in [0.2, 0.25) is 0 Å². The first-order chi connectivity index (χ1) is 11.0. The molecule has 5 nitrogen and oxygen atoms in total. The first-order valence-electron chi connectivity index (χ1n) is 6.78. The molecule has 1 amide bonds. The summed E-state index contributed by atoms with van der Waals surface area (Å²) in [4.78, 5) is 17.0. The third-order valence-corrected chi connectivity index (χ3v) is 3.84. The van der Waals surface area contributed by atoms with Crippen molar-refractivity contribution in [1.29, 1.82) is 0 Å². The van der Waals surface area contributed by atoms with E-state index >= 15 is 0 Å². The molecule has 3 rings (SSSR count). The zero-order valence-electron chi connectivity index (χ0n) is 12.4. The van der Waals surface area contributed by atoms with E-state index in [2.05, 4.69) is 10.3 Å². The summed E-state index contributed by atoms with van der Waals surface area (Å²) in [5, 5.41) is 3.64. The number of aromatic nitrogens is 2. The van der Waals surface area contributed by atoms with Crippen LogP contribution >= 0.6 is 23.2 Å². The number of hydrogen-bond donors (Lipinski definition) is 1. The summed E-state index contributed by atoms with van der Waals surface area (Å²) in [7, 11) is 1.57. The molecule has 3 aromatic rings. The molecule has 0 spiro atoms. The number of nitrogens with one attached hydrogen (secondary N) is 1. The maximum Gasteiger partial charge on any atom is 0.274 e. The molecule has 0 aliphatic heterocycles. The van der Waals surface area contributed by atoms with Crippen LogP contribution in [-0.4, -0.2) is 22.4 Å². The van der Waals surface area contributed by atoms with E-state index in [9.17, 15) is 4.79 Å². The monoisotopic (exact) mass is 349 g/mol. The Labute approximate surface area is 142 Å². The lowest BCUT2D eigenvalue weighted by molar-refractivity contribution is 0.102. The number of hydrogen-bond acceptors (Lipinski definition) is 3. The third-order valence-electron chi connectivity index (χ3n) is 3.36. The maximum atomic E-state index is 12.6. The van der Waals surface area contributed by atoms with Crippen molar-refractivity contribution in [3.05, 3.63) is 58.0 Å². The van der Waals surface area contributed by atoms with E-state index in [-0.39, 0.29) is 5.91 Å². The van der Waals surface area contributed by atoms with Crippen molar-refractivity contribution in [1.82, 2.24) is 9.38 Å². The molecule has 2 aromatic heterocycles. The summed E-state index contributed by atoms with van der Waals surface area (Å²) < 4.78 is 6.74. The second-order valence-electron chi connectivity index (χ2n) is 4.93. The second kappa shape index (κ2) is 6.10. The Morgan fingerprint density at radius 2 is 2.09 bits per heavy atom. The Morgan fingerprint density at radius 3 is 2.83 bits per heavy atom. The number of benzene rings is 1. The van der Waals surface area contributed by atoms with Gasteiger partial charge in [0.1, 0.15) is 11.4 Å². The van der Waals surface area contributed by atoms with Crippen LogP contribution in [0.4, 0.5) is 5.69 Å². The summed E-state index contributed by atoms with van der Waals surface area (Å²) in [5.74, 6) is 0.352. The second-order valence-corrected chi connectivity index (χ2v) is 5.78. The van der Waals surface area contributed by atoms with Crippen LogP contribution in [-0.2, 0) is 0 Å². The highest BCUT2D eigenvalue weighted by atomic mass is 35.5. The lowest BCUT2D eigenvalue weighted by atomic mass is 10.2.